The van der Waals surface area contributed by atoms with Gasteiger partial charge in [-0.25, -0.2) is 0 Å². The van der Waals surface area contributed by atoms with Gasteiger partial charge < -0.3 is 24.1 Å². The highest BCUT2D eigenvalue weighted by molar-refractivity contribution is 6.31. The van der Waals surface area contributed by atoms with Crippen molar-refractivity contribution in [2.45, 2.75) is 18.8 Å². The number of H-pyrrole nitrogens is 1. The first-order valence-corrected chi connectivity index (χ1v) is 10.1. The summed E-state index contributed by atoms with van der Waals surface area (Å²) >= 11 is 6.21. The largest absolute Gasteiger partial charge is 0.488 e. The zero-order valence-electron chi connectivity index (χ0n) is 15.8. The fraction of sp³-hybridized carbons (Fsp3) is 0.318. The summed E-state index contributed by atoms with van der Waals surface area (Å²) in [7, 11) is 0. The molecule has 3 aromatic rings. The predicted octanol–water partition coefficient (Wildman–Crippen LogP) is 3.68. The Morgan fingerprint density at radius 3 is 2.72 bits per heavy atom. The fourth-order valence-corrected chi connectivity index (χ4v) is 4.34. The number of ether oxygens (including phenoxy) is 3. The lowest BCUT2D eigenvalue weighted by Gasteiger charge is -2.33. The second kappa shape index (κ2) is 7.71. The van der Waals surface area contributed by atoms with Crippen molar-refractivity contribution in [3.8, 4) is 5.75 Å². The third-order valence-corrected chi connectivity index (χ3v) is 5.77. The number of hydrogen-bond acceptors (Lipinski definition) is 4. The van der Waals surface area contributed by atoms with Gasteiger partial charge in [-0.2, -0.15) is 0 Å². The molecule has 0 aliphatic carbocycles. The van der Waals surface area contributed by atoms with Crippen LogP contribution in [0, 0.1) is 0 Å². The van der Waals surface area contributed by atoms with Crippen LogP contribution in [0.15, 0.2) is 42.5 Å². The average molecular weight is 413 g/mol. The molecule has 1 saturated heterocycles. The molecule has 0 saturated carbocycles. The molecule has 1 amide bonds. The van der Waals surface area contributed by atoms with Gasteiger partial charge in [0.2, 0.25) is 6.41 Å². The molecule has 1 unspecified atom stereocenters. The van der Waals surface area contributed by atoms with Crippen LogP contribution in [0.25, 0.3) is 10.9 Å². The highest BCUT2D eigenvalue weighted by atomic mass is 35.5. The first-order chi connectivity index (χ1) is 14.2. The molecule has 0 spiro atoms. The number of hydrogen-bond donors (Lipinski definition) is 1. The van der Waals surface area contributed by atoms with E-state index in [2.05, 4.69) is 4.98 Å². The lowest BCUT2D eigenvalue weighted by atomic mass is 9.93. The minimum Gasteiger partial charge on any atom is -0.488 e. The maximum atomic E-state index is 11.8. The van der Waals surface area contributed by atoms with Gasteiger partial charge in [0.25, 0.3) is 0 Å². The average Bonchev–Trinajstić information content (AvgIpc) is 3.39. The van der Waals surface area contributed by atoms with Gasteiger partial charge in [-0.05, 0) is 47.9 Å². The molecular formula is C22H21ClN2O4. The molecule has 1 N–H and O–H groups in total. The first-order valence-electron chi connectivity index (χ1n) is 9.70. The van der Waals surface area contributed by atoms with E-state index in [1.165, 1.54) is 5.56 Å². The predicted molar refractivity (Wildman–Crippen MR) is 109 cm³/mol. The zero-order chi connectivity index (χ0) is 19.8. The Bertz CT molecular complexity index is 1030. The van der Waals surface area contributed by atoms with Crippen molar-refractivity contribution >= 4 is 28.9 Å². The van der Waals surface area contributed by atoms with E-state index < -0.39 is 0 Å². The van der Waals surface area contributed by atoms with E-state index in [9.17, 15) is 4.79 Å². The fourth-order valence-electron chi connectivity index (χ4n) is 4.17. The van der Waals surface area contributed by atoms with Crippen LogP contribution in [-0.2, 0) is 20.7 Å². The quantitative estimate of drug-likeness (QED) is 0.649. The minimum atomic E-state index is -0.306. The molecule has 1 atom stereocenters. The van der Waals surface area contributed by atoms with E-state index in [0.29, 0.717) is 31.4 Å². The molecule has 0 radical (unpaired) electrons. The van der Waals surface area contributed by atoms with Crippen LogP contribution in [0.4, 0.5) is 0 Å². The van der Waals surface area contributed by atoms with Crippen molar-refractivity contribution in [2.75, 3.05) is 26.4 Å². The smallest absolute Gasteiger partial charge is 0.210 e. The van der Waals surface area contributed by atoms with Gasteiger partial charge in [-0.1, -0.05) is 23.7 Å². The summed E-state index contributed by atoms with van der Waals surface area (Å²) in [5.41, 5.74) is 4.33. The van der Waals surface area contributed by atoms with Crippen LogP contribution in [0.1, 0.15) is 22.9 Å². The maximum Gasteiger partial charge on any atom is 0.210 e. The van der Waals surface area contributed by atoms with Crippen LogP contribution in [0.2, 0.25) is 5.02 Å². The molecule has 150 valence electrons. The van der Waals surface area contributed by atoms with Gasteiger partial charge in [-0.3, -0.25) is 4.79 Å². The van der Waals surface area contributed by atoms with E-state index in [0.717, 1.165) is 40.7 Å². The number of carbonyl (C=O) groups is 1. The Balaban J connectivity index is 1.44. The molecule has 1 aromatic heterocycles. The standard InChI is InChI=1S/C22H21ClN2O4/c23-15-3-6-19-18(11-15)17-7-8-25(13-26)22(21(17)24-19)14-1-4-16(5-2-14)29-12-20-27-9-10-28-20/h1-6,11,13,20,22,24H,7-10,12H2. The van der Waals surface area contributed by atoms with Crippen LogP contribution in [0.3, 0.4) is 0 Å². The zero-order valence-corrected chi connectivity index (χ0v) is 16.5. The van der Waals surface area contributed by atoms with E-state index in [1.807, 2.05) is 47.4 Å². The number of nitrogens with zero attached hydrogens (tertiary/aromatic N) is 1. The van der Waals surface area contributed by atoms with Gasteiger partial charge in [0.05, 0.1) is 19.3 Å². The van der Waals surface area contributed by atoms with E-state index >= 15 is 0 Å². The molecule has 3 heterocycles. The van der Waals surface area contributed by atoms with Crippen molar-refractivity contribution in [3.05, 3.63) is 64.3 Å². The lowest BCUT2D eigenvalue weighted by Crippen LogP contribution is -2.34. The Hall–Kier alpha value is -2.54. The summed E-state index contributed by atoms with van der Waals surface area (Å²) in [5, 5.41) is 1.84. The molecular weight excluding hydrogens is 392 g/mol. The van der Waals surface area contributed by atoms with E-state index in [1.54, 1.807) is 0 Å². The molecule has 7 heteroatoms. The Morgan fingerprint density at radius 2 is 1.97 bits per heavy atom. The van der Waals surface area contributed by atoms with Crippen LogP contribution in [0.5, 0.6) is 5.75 Å². The highest BCUT2D eigenvalue weighted by Crippen LogP contribution is 2.38. The lowest BCUT2D eigenvalue weighted by molar-refractivity contribution is -0.120. The molecule has 5 rings (SSSR count). The van der Waals surface area contributed by atoms with Crippen molar-refractivity contribution in [1.82, 2.24) is 9.88 Å². The summed E-state index contributed by atoms with van der Waals surface area (Å²) in [6, 6.07) is 13.5. The first kappa shape index (κ1) is 18.5. The molecule has 2 aromatic carbocycles. The summed E-state index contributed by atoms with van der Waals surface area (Å²) in [5.74, 6) is 0.741. The normalized spacial score (nSPS) is 19.5. The summed E-state index contributed by atoms with van der Waals surface area (Å²) in [6.45, 7) is 2.23. The molecule has 29 heavy (non-hydrogen) atoms. The van der Waals surface area contributed by atoms with Crippen LogP contribution in [-0.4, -0.2) is 48.9 Å². The number of aromatic nitrogens is 1. The number of halogens is 1. The third-order valence-electron chi connectivity index (χ3n) is 5.53. The summed E-state index contributed by atoms with van der Waals surface area (Å²) in [6.07, 6.45) is 1.41. The van der Waals surface area contributed by atoms with Gasteiger partial charge >= 0.3 is 0 Å². The van der Waals surface area contributed by atoms with Crippen molar-refractivity contribution in [2.24, 2.45) is 0 Å². The van der Waals surface area contributed by atoms with E-state index in [-0.39, 0.29) is 12.3 Å². The van der Waals surface area contributed by atoms with Gasteiger partial charge in [0, 0.05) is 28.2 Å². The van der Waals surface area contributed by atoms with Gasteiger partial charge in [0.15, 0.2) is 6.29 Å². The summed E-state index contributed by atoms with van der Waals surface area (Å²) < 4.78 is 16.5. The monoisotopic (exact) mass is 412 g/mol. The van der Waals surface area contributed by atoms with Crippen LogP contribution < -0.4 is 4.74 Å². The summed E-state index contributed by atoms with van der Waals surface area (Å²) in [4.78, 5) is 17.1. The number of carbonyl (C=O) groups excluding carboxylic acids is 1. The molecule has 6 nitrogen and oxygen atoms in total. The topological polar surface area (TPSA) is 63.8 Å². The molecule has 2 aliphatic heterocycles. The number of aromatic amines is 1. The maximum absolute atomic E-state index is 11.8. The minimum absolute atomic E-state index is 0.169. The number of fused-ring (bicyclic) bond motifs is 3. The number of nitrogens with one attached hydrogen (secondary N) is 1. The molecule has 0 bridgehead atoms. The Labute approximate surface area is 173 Å². The Morgan fingerprint density at radius 1 is 1.17 bits per heavy atom. The Kier molecular flexibility index (Phi) is 4.91. The number of rotatable bonds is 5. The van der Waals surface area contributed by atoms with Crippen LogP contribution >= 0.6 is 11.6 Å². The van der Waals surface area contributed by atoms with Crippen molar-refractivity contribution < 1.29 is 19.0 Å². The van der Waals surface area contributed by atoms with Crippen molar-refractivity contribution in [1.29, 1.82) is 0 Å². The number of amides is 1. The highest BCUT2D eigenvalue weighted by Gasteiger charge is 2.31. The van der Waals surface area contributed by atoms with Gasteiger partial charge in [-0.15, -0.1) is 0 Å². The van der Waals surface area contributed by atoms with Crippen molar-refractivity contribution in [3.63, 3.8) is 0 Å². The third kappa shape index (κ3) is 3.48. The SMILES string of the molecule is O=CN1CCc2c([nH]c3ccc(Cl)cc23)C1c1ccc(OCC2OCCO2)cc1. The number of benzene rings is 2. The van der Waals surface area contributed by atoms with Gasteiger partial charge in [0.1, 0.15) is 12.4 Å². The second-order valence-electron chi connectivity index (χ2n) is 7.25. The van der Waals surface area contributed by atoms with E-state index in [4.69, 9.17) is 25.8 Å². The molecule has 2 aliphatic rings. The molecule has 1 fully saturated rings. The second-order valence-corrected chi connectivity index (χ2v) is 7.69.